The maximum atomic E-state index is 12.1. The molecule has 0 fully saturated rings. The van der Waals surface area contributed by atoms with Crippen LogP contribution in [0.1, 0.15) is 10.4 Å². The monoisotopic (exact) mass is 362 g/mol. The Morgan fingerprint density at radius 1 is 1.29 bits per heavy atom. The van der Waals surface area contributed by atoms with Crippen molar-refractivity contribution in [2.75, 3.05) is 5.32 Å². The predicted molar refractivity (Wildman–Crippen MR) is 89.7 cm³/mol. The van der Waals surface area contributed by atoms with Crippen LogP contribution >= 0.6 is 22.9 Å². The summed E-state index contributed by atoms with van der Waals surface area (Å²) in [5.41, 5.74) is 6.12. The van der Waals surface area contributed by atoms with Gasteiger partial charge < -0.3 is 11.1 Å². The highest BCUT2D eigenvalue weighted by molar-refractivity contribution is 7.14. The third-order valence-corrected chi connectivity index (χ3v) is 4.20. The zero-order chi connectivity index (χ0) is 17.1. The lowest BCUT2D eigenvalue weighted by atomic mass is 10.2. The standard InChI is InChI=1S/C14H11ClN6O2S/c15-10-4-2-1-3-8(10)13-18-20-21(19-13)7-11(22)17-14-9(12(16)23)5-6-24-14/h1-6H,7H2,(H2,16,23)(H,17,22). The van der Waals surface area contributed by atoms with Crippen LogP contribution in [0.2, 0.25) is 5.02 Å². The van der Waals surface area contributed by atoms with Crippen molar-refractivity contribution >= 4 is 39.8 Å². The van der Waals surface area contributed by atoms with Crippen molar-refractivity contribution in [2.45, 2.75) is 6.54 Å². The van der Waals surface area contributed by atoms with E-state index in [1.807, 2.05) is 0 Å². The van der Waals surface area contributed by atoms with Gasteiger partial charge in [-0.15, -0.1) is 21.5 Å². The quantitative estimate of drug-likeness (QED) is 0.717. The molecule has 0 aliphatic heterocycles. The summed E-state index contributed by atoms with van der Waals surface area (Å²) in [5, 5.41) is 17.0. The van der Waals surface area contributed by atoms with Crippen molar-refractivity contribution in [3.8, 4) is 11.4 Å². The van der Waals surface area contributed by atoms with E-state index in [9.17, 15) is 9.59 Å². The van der Waals surface area contributed by atoms with Gasteiger partial charge in [-0.05, 0) is 28.8 Å². The van der Waals surface area contributed by atoms with Gasteiger partial charge in [0.05, 0.1) is 10.6 Å². The number of thiophene rings is 1. The van der Waals surface area contributed by atoms with Crippen molar-refractivity contribution in [1.82, 2.24) is 20.2 Å². The number of rotatable bonds is 5. The third kappa shape index (κ3) is 3.42. The molecule has 2 aromatic heterocycles. The van der Waals surface area contributed by atoms with Crippen molar-refractivity contribution < 1.29 is 9.59 Å². The van der Waals surface area contributed by atoms with E-state index in [-0.39, 0.29) is 12.1 Å². The molecule has 0 atom stereocenters. The summed E-state index contributed by atoms with van der Waals surface area (Å²) in [6.45, 7) is -0.159. The average Bonchev–Trinajstić information content (AvgIpc) is 3.17. The molecule has 0 bridgehead atoms. The van der Waals surface area contributed by atoms with Crippen LogP contribution < -0.4 is 11.1 Å². The van der Waals surface area contributed by atoms with E-state index in [2.05, 4.69) is 20.7 Å². The lowest BCUT2D eigenvalue weighted by Gasteiger charge is -2.03. The molecule has 3 N–H and O–H groups in total. The van der Waals surface area contributed by atoms with E-state index in [1.54, 1.807) is 35.7 Å². The molecule has 1 aromatic carbocycles. The smallest absolute Gasteiger partial charge is 0.251 e. The highest BCUT2D eigenvalue weighted by atomic mass is 35.5. The Morgan fingerprint density at radius 2 is 2.08 bits per heavy atom. The SMILES string of the molecule is NC(=O)c1ccsc1NC(=O)Cn1nnc(-c2ccccc2Cl)n1. The van der Waals surface area contributed by atoms with Crippen LogP contribution in [0, 0.1) is 0 Å². The lowest BCUT2D eigenvalue weighted by Crippen LogP contribution is -2.22. The number of hydrogen-bond donors (Lipinski definition) is 2. The van der Waals surface area contributed by atoms with Crippen LogP contribution in [0.25, 0.3) is 11.4 Å². The molecule has 8 nitrogen and oxygen atoms in total. The van der Waals surface area contributed by atoms with Gasteiger partial charge in [-0.2, -0.15) is 4.80 Å². The first-order valence-electron chi connectivity index (χ1n) is 6.74. The molecule has 122 valence electrons. The minimum absolute atomic E-state index is 0.159. The zero-order valence-corrected chi connectivity index (χ0v) is 13.7. The minimum Gasteiger partial charge on any atom is -0.366 e. The zero-order valence-electron chi connectivity index (χ0n) is 12.1. The Labute approximate surface area is 145 Å². The molecule has 3 rings (SSSR count). The second-order valence-corrected chi connectivity index (χ2v) is 6.02. The fourth-order valence-corrected chi connectivity index (χ4v) is 2.98. The van der Waals surface area contributed by atoms with Crippen LogP contribution in [0.4, 0.5) is 5.00 Å². The van der Waals surface area contributed by atoms with Gasteiger partial charge in [-0.1, -0.05) is 23.7 Å². The first-order chi connectivity index (χ1) is 11.5. The number of halogens is 1. The van der Waals surface area contributed by atoms with Crippen LogP contribution in [0.5, 0.6) is 0 Å². The first-order valence-corrected chi connectivity index (χ1v) is 8.00. The average molecular weight is 363 g/mol. The number of carbonyl (C=O) groups is 2. The highest BCUT2D eigenvalue weighted by Gasteiger charge is 2.15. The van der Waals surface area contributed by atoms with Gasteiger partial charge >= 0.3 is 0 Å². The molecular weight excluding hydrogens is 352 g/mol. The first kappa shape index (κ1) is 16.1. The third-order valence-electron chi connectivity index (χ3n) is 3.04. The van der Waals surface area contributed by atoms with Gasteiger partial charge in [0.15, 0.2) is 0 Å². The van der Waals surface area contributed by atoms with Gasteiger partial charge in [0.1, 0.15) is 11.5 Å². The maximum absolute atomic E-state index is 12.1. The Hall–Kier alpha value is -2.78. The molecular formula is C14H11ClN6O2S. The molecule has 3 aromatic rings. The van der Waals surface area contributed by atoms with Gasteiger partial charge in [-0.25, -0.2) is 0 Å². The number of hydrogen-bond acceptors (Lipinski definition) is 6. The normalized spacial score (nSPS) is 10.5. The molecule has 0 unspecified atom stereocenters. The summed E-state index contributed by atoms with van der Waals surface area (Å²) in [7, 11) is 0. The molecule has 0 aliphatic rings. The molecule has 10 heteroatoms. The Bertz CT molecular complexity index is 906. The fraction of sp³-hybridized carbons (Fsp3) is 0.0714. The van der Waals surface area contributed by atoms with Crippen LogP contribution in [0.15, 0.2) is 35.7 Å². The van der Waals surface area contributed by atoms with E-state index in [4.69, 9.17) is 17.3 Å². The van der Waals surface area contributed by atoms with E-state index >= 15 is 0 Å². The minimum atomic E-state index is -0.605. The van der Waals surface area contributed by atoms with Crippen molar-refractivity contribution in [3.05, 3.63) is 46.3 Å². The number of primary amides is 1. The fourth-order valence-electron chi connectivity index (χ4n) is 1.96. The van der Waals surface area contributed by atoms with E-state index in [0.29, 0.717) is 21.4 Å². The Balaban J connectivity index is 1.71. The van der Waals surface area contributed by atoms with E-state index in [1.165, 1.54) is 11.3 Å². The van der Waals surface area contributed by atoms with E-state index in [0.717, 1.165) is 4.80 Å². The van der Waals surface area contributed by atoms with E-state index < -0.39 is 11.8 Å². The number of nitrogens with one attached hydrogen (secondary N) is 1. The molecule has 0 saturated heterocycles. The number of aromatic nitrogens is 4. The van der Waals surface area contributed by atoms with Gasteiger partial charge in [0.25, 0.3) is 5.91 Å². The summed E-state index contributed by atoms with van der Waals surface area (Å²) in [5.74, 6) is -0.683. The molecule has 0 spiro atoms. The lowest BCUT2D eigenvalue weighted by molar-refractivity contribution is -0.117. The molecule has 0 aliphatic carbocycles. The number of tetrazole rings is 1. The number of nitrogens with two attached hydrogens (primary N) is 1. The molecule has 0 radical (unpaired) electrons. The number of carbonyl (C=O) groups excluding carboxylic acids is 2. The van der Waals surface area contributed by atoms with Crippen LogP contribution in [0.3, 0.4) is 0 Å². The molecule has 0 saturated carbocycles. The number of benzene rings is 1. The van der Waals surface area contributed by atoms with Gasteiger partial charge in [-0.3, -0.25) is 9.59 Å². The van der Waals surface area contributed by atoms with Crippen molar-refractivity contribution in [1.29, 1.82) is 0 Å². The Kier molecular flexibility index (Phi) is 4.54. The Morgan fingerprint density at radius 3 is 2.83 bits per heavy atom. The summed E-state index contributed by atoms with van der Waals surface area (Å²) in [6.07, 6.45) is 0. The van der Waals surface area contributed by atoms with Crippen molar-refractivity contribution in [3.63, 3.8) is 0 Å². The number of amides is 2. The number of anilines is 1. The summed E-state index contributed by atoms with van der Waals surface area (Å²) in [6, 6.07) is 8.62. The van der Waals surface area contributed by atoms with Gasteiger partial charge in [0, 0.05) is 5.56 Å². The van der Waals surface area contributed by atoms with Crippen LogP contribution in [-0.4, -0.2) is 32.0 Å². The number of nitrogens with zero attached hydrogens (tertiary/aromatic N) is 4. The van der Waals surface area contributed by atoms with Crippen molar-refractivity contribution in [2.24, 2.45) is 5.73 Å². The summed E-state index contributed by atoms with van der Waals surface area (Å²) >= 11 is 7.28. The molecule has 2 amide bonds. The second-order valence-electron chi connectivity index (χ2n) is 4.70. The largest absolute Gasteiger partial charge is 0.366 e. The van der Waals surface area contributed by atoms with Gasteiger partial charge in [0.2, 0.25) is 11.7 Å². The summed E-state index contributed by atoms with van der Waals surface area (Å²) in [4.78, 5) is 24.4. The highest BCUT2D eigenvalue weighted by Crippen LogP contribution is 2.24. The molecule has 2 heterocycles. The predicted octanol–water partition coefficient (Wildman–Crippen LogP) is 1.79. The summed E-state index contributed by atoms with van der Waals surface area (Å²) < 4.78 is 0. The maximum Gasteiger partial charge on any atom is 0.251 e. The van der Waals surface area contributed by atoms with Crippen LogP contribution in [-0.2, 0) is 11.3 Å². The molecule has 24 heavy (non-hydrogen) atoms. The second kappa shape index (κ2) is 6.77. The topological polar surface area (TPSA) is 116 Å².